The van der Waals surface area contributed by atoms with Gasteiger partial charge in [0.2, 0.25) is 5.91 Å². The summed E-state index contributed by atoms with van der Waals surface area (Å²) in [4.78, 5) is 11.7. The first-order valence-corrected chi connectivity index (χ1v) is 6.84. The third-order valence-corrected chi connectivity index (χ3v) is 2.91. The molecule has 0 aliphatic rings. The quantitative estimate of drug-likeness (QED) is 0.717. The standard InChI is InChI=1S/C15H19F4NO3/c1-14(2,7-10-3-5-11(21)6-4-10)20-12(22)8-23-9-15(18,19)13(16)17/h3-6,13,21H,7-9H2,1-2H3,(H,20,22). The zero-order valence-electron chi connectivity index (χ0n) is 12.8. The van der Waals surface area contributed by atoms with E-state index in [1.54, 1.807) is 26.0 Å². The van der Waals surface area contributed by atoms with E-state index in [1.165, 1.54) is 12.1 Å². The van der Waals surface area contributed by atoms with Gasteiger partial charge in [-0.05, 0) is 38.0 Å². The Morgan fingerprint density at radius 1 is 1.26 bits per heavy atom. The lowest BCUT2D eigenvalue weighted by Crippen LogP contribution is -2.47. The van der Waals surface area contributed by atoms with E-state index in [-0.39, 0.29) is 5.75 Å². The molecule has 0 spiro atoms. The van der Waals surface area contributed by atoms with Gasteiger partial charge >= 0.3 is 12.3 Å². The minimum absolute atomic E-state index is 0.115. The normalized spacial score (nSPS) is 12.5. The van der Waals surface area contributed by atoms with Crippen LogP contribution >= 0.6 is 0 Å². The van der Waals surface area contributed by atoms with Crippen molar-refractivity contribution in [2.45, 2.75) is 38.2 Å². The van der Waals surface area contributed by atoms with E-state index in [4.69, 9.17) is 0 Å². The summed E-state index contributed by atoms with van der Waals surface area (Å²) in [7, 11) is 0. The van der Waals surface area contributed by atoms with Crippen LogP contribution in [0.1, 0.15) is 19.4 Å². The SMILES string of the molecule is CC(C)(Cc1ccc(O)cc1)NC(=O)COCC(F)(F)C(F)F. The number of hydrogen-bond acceptors (Lipinski definition) is 3. The van der Waals surface area contributed by atoms with Crippen LogP contribution in [0.2, 0.25) is 0 Å². The molecule has 1 aromatic rings. The molecule has 4 nitrogen and oxygen atoms in total. The van der Waals surface area contributed by atoms with Crippen LogP contribution < -0.4 is 5.32 Å². The van der Waals surface area contributed by atoms with Crippen molar-refractivity contribution in [3.05, 3.63) is 29.8 Å². The number of phenols is 1. The average Bonchev–Trinajstić information content (AvgIpc) is 2.40. The van der Waals surface area contributed by atoms with Gasteiger partial charge in [0.1, 0.15) is 19.0 Å². The maximum Gasteiger partial charge on any atom is 0.330 e. The number of carbonyl (C=O) groups is 1. The molecule has 23 heavy (non-hydrogen) atoms. The van der Waals surface area contributed by atoms with E-state index < -0.39 is 37.0 Å². The molecule has 1 aromatic carbocycles. The van der Waals surface area contributed by atoms with Gasteiger partial charge in [0.15, 0.2) is 0 Å². The minimum Gasteiger partial charge on any atom is -0.508 e. The molecule has 0 aliphatic heterocycles. The molecule has 130 valence electrons. The van der Waals surface area contributed by atoms with Crippen molar-refractivity contribution in [3.63, 3.8) is 0 Å². The van der Waals surface area contributed by atoms with Crippen LogP contribution in [0.4, 0.5) is 17.6 Å². The molecule has 8 heteroatoms. The molecule has 0 aliphatic carbocycles. The van der Waals surface area contributed by atoms with E-state index in [0.29, 0.717) is 6.42 Å². The maximum atomic E-state index is 12.6. The van der Waals surface area contributed by atoms with E-state index in [1.807, 2.05) is 0 Å². The summed E-state index contributed by atoms with van der Waals surface area (Å²) < 4.78 is 53.5. The Balaban J connectivity index is 2.44. The molecule has 1 rings (SSSR count). The molecule has 0 fully saturated rings. The van der Waals surface area contributed by atoms with Gasteiger partial charge in [-0.25, -0.2) is 8.78 Å². The van der Waals surface area contributed by atoms with Crippen LogP contribution in [0.15, 0.2) is 24.3 Å². The molecule has 1 amide bonds. The summed E-state index contributed by atoms with van der Waals surface area (Å²) in [5.41, 5.74) is 0.140. The van der Waals surface area contributed by atoms with Crippen LogP contribution in [0.3, 0.4) is 0 Å². The number of phenolic OH excluding ortho intramolecular Hbond substituents is 1. The second-order valence-electron chi connectivity index (χ2n) is 5.83. The topological polar surface area (TPSA) is 58.6 Å². The molecule has 0 saturated heterocycles. The largest absolute Gasteiger partial charge is 0.508 e. The third kappa shape index (κ3) is 6.85. The summed E-state index contributed by atoms with van der Waals surface area (Å²) in [5, 5.41) is 11.8. The van der Waals surface area contributed by atoms with Crippen LogP contribution in [-0.4, -0.2) is 42.1 Å². The van der Waals surface area contributed by atoms with Crippen molar-refractivity contribution in [2.24, 2.45) is 0 Å². The summed E-state index contributed by atoms with van der Waals surface area (Å²) in [6.45, 7) is 1.18. The van der Waals surface area contributed by atoms with Crippen LogP contribution in [-0.2, 0) is 16.0 Å². The van der Waals surface area contributed by atoms with Gasteiger partial charge in [0.05, 0.1) is 0 Å². The van der Waals surface area contributed by atoms with E-state index in [2.05, 4.69) is 10.1 Å². The number of alkyl halides is 4. The Morgan fingerprint density at radius 2 is 1.83 bits per heavy atom. The zero-order chi connectivity index (χ0) is 17.7. The predicted molar refractivity (Wildman–Crippen MR) is 75.8 cm³/mol. The van der Waals surface area contributed by atoms with Gasteiger partial charge in [-0.2, -0.15) is 8.78 Å². The number of rotatable bonds is 8. The van der Waals surface area contributed by atoms with Gasteiger partial charge in [-0.3, -0.25) is 4.79 Å². The first-order valence-electron chi connectivity index (χ1n) is 6.84. The average molecular weight is 337 g/mol. The van der Waals surface area contributed by atoms with Gasteiger partial charge in [-0.1, -0.05) is 12.1 Å². The van der Waals surface area contributed by atoms with Crippen molar-refractivity contribution >= 4 is 5.91 Å². The molecular formula is C15H19F4NO3. The molecule has 0 heterocycles. The summed E-state index contributed by atoms with van der Waals surface area (Å²) >= 11 is 0. The lowest BCUT2D eigenvalue weighted by Gasteiger charge is -2.26. The number of ether oxygens (including phenoxy) is 1. The minimum atomic E-state index is -4.28. The summed E-state index contributed by atoms with van der Waals surface area (Å²) in [5.74, 6) is -4.84. The number of aromatic hydroxyl groups is 1. The van der Waals surface area contributed by atoms with E-state index in [0.717, 1.165) is 5.56 Å². The first-order chi connectivity index (χ1) is 10.5. The fourth-order valence-electron chi connectivity index (χ4n) is 1.92. The Hall–Kier alpha value is -1.83. The smallest absolute Gasteiger partial charge is 0.330 e. The highest BCUT2D eigenvalue weighted by atomic mass is 19.3. The second kappa shape index (κ2) is 7.63. The number of carbonyl (C=O) groups excluding carboxylic acids is 1. The van der Waals surface area contributed by atoms with Crippen molar-refractivity contribution in [3.8, 4) is 5.75 Å². The zero-order valence-corrected chi connectivity index (χ0v) is 12.8. The van der Waals surface area contributed by atoms with Crippen LogP contribution in [0.5, 0.6) is 5.75 Å². The lowest BCUT2D eigenvalue weighted by atomic mass is 9.95. The third-order valence-electron chi connectivity index (χ3n) is 2.91. The van der Waals surface area contributed by atoms with E-state index in [9.17, 15) is 27.5 Å². The lowest BCUT2D eigenvalue weighted by molar-refractivity contribution is -0.168. The molecule has 0 unspecified atom stereocenters. The van der Waals surface area contributed by atoms with Crippen LogP contribution in [0.25, 0.3) is 0 Å². The van der Waals surface area contributed by atoms with Gasteiger partial charge in [-0.15, -0.1) is 0 Å². The van der Waals surface area contributed by atoms with E-state index >= 15 is 0 Å². The monoisotopic (exact) mass is 337 g/mol. The maximum absolute atomic E-state index is 12.6. The van der Waals surface area contributed by atoms with Crippen LogP contribution in [0, 0.1) is 0 Å². The molecule has 2 N–H and O–H groups in total. The van der Waals surface area contributed by atoms with Crippen molar-refractivity contribution in [2.75, 3.05) is 13.2 Å². The molecule has 0 bridgehead atoms. The highest BCUT2D eigenvalue weighted by molar-refractivity contribution is 5.78. The Morgan fingerprint density at radius 3 is 2.35 bits per heavy atom. The predicted octanol–water partition coefficient (Wildman–Crippen LogP) is 2.75. The number of hydrogen-bond donors (Lipinski definition) is 2. The number of nitrogens with one attached hydrogen (secondary N) is 1. The molecule has 0 atom stereocenters. The fraction of sp³-hybridized carbons (Fsp3) is 0.533. The Labute approximate surface area is 131 Å². The number of amides is 1. The molecular weight excluding hydrogens is 318 g/mol. The van der Waals surface area contributed by atoms with Gasteiger partial charge in [0, 0.05) is 5.54 Å². The van der Waals surface area contributed by atoms with Gasteiger partial charge < -0.3 is 15.2 Å². The summed E-state index contributed by atoms with van der Waals surface area (Å²) in [6, 6.07) is 6.37. The molecule has 0 aromatic heterocycles. The Bertz CT molecular complexity index is 518. The van der Waals surface area contributed by atoms with Crippen molar-refractivity contribution in [1.29, 1.82) is 0 Å². The number of halogens is 4. The second-order valence-corrected chi connectivity index (χ2v) is 5.83. The van der Waals surface area contributed by atoms with Gasteiger partial charge in [0.25, 0.3) is 0 Å². The highest BCUT2D eigenvalue weighted by Crippen LogP contribution is 2.22. The van der Waals surface area contributed by atoms with Crippen molar-refractivity contribution in [1.82, 2.24) is 5.32 Å². The fourth-order valence-corrected chi connectivity index (χ4v) is 1.92. The first kappa shape index (κ1) is 19.2. The molecule has 0 saturated carbocycles. The summed E-state index contributed by atoms with van der Waals surface area (Å²) in [6.07, 6.45) is -3.41. The highest BCUT2D eigenvalue weighted by Gasteiger charge is 2.41. The number of benzene rings is 1. The van der Waals surface area contributed by atoms with Crippen molar-refractivity contribution < 1.29 is 32.2 Å². The Kier molecular flexibility index (Phi) is 6.37. The molecule has 0 radical (unpaired) electrons.